The van der Waals surface area contributed by atoms with Gasteiger partial charge in [0.1, 0.15) is 11.9 Å². The van der Waals surface area contributed by atoms with Crippen LogP contribution in [0.2, 0.25) is 0 Å². The molecule has 0 saturated heterocycles. The molecule has 0 fully saturated rings. The van der Waals surface area contributed by atoms with Crippen molar-refractivity contribution in [1.82, 2.24) is 19.9 Å². The second-order valence-corrected chi connectivity index (χ2v) is 7.32. The van der Waals surface area contributed by atoms with Crippen molar-refractivity contribution in [3.8, 4) is 0 Å². The van der Waals surface area contributed by atoms with Crippen LogP contribution >= 0.6 is 0 Å². The fraction of sp³-hybridized carbons (Fsp3) is 0.333. The van der Waals surface area contributed by atoms with E-state index < -0.39 is 11.9 Å². The molecule has 3 aromatic rings. The van der Waals surface area contributed by atoms with Crippen molar-refractivity contribution in [2.24, 2.45) is 0 Å². The minimum Gasteiger partial charge on any atom is -0.481 e. The number of hydrogen-bond donors (Lipinski definition) is 4. The summed E-state index contributed by atoms with van der Waals surface area (Å²) in [6.45, 7) is 5.22. The first-order chi connectivity index (χ1) is 15.7. The zero-order valence-corrected chi connectivity index (χ0v) is 19.2. The largest absolute Gasteiger partial charge is 0.481 e. The standard InChI is InChI=1S/C10H14N2O3.C9H7N.C5H11NO2/c1-2-3-7-8(6-10(14)15)12-9(11-7)4-5-13;1-2-6-9-8(4-1)5-3-7-10-9;1-4(5(7)8)6(2)3/h2,13H,1,3-6H2,(H,11,12)(H,14,15);1-7H;4H,1-3H3,(H,7,8). The van der Waals surface area contributed by atoms with Crippen LogP contribution in [0.15, 0.2) is 55.3 Å². The number of likely N-dealkylation sites (N-methyl/N-ethyl adjacent to an activating group) is 1. The monoisotopic (exact) mass is 456 g/mol. The van der Waals surface area contributed by atoms with Gasteiger partial charge in [0, 0.05) is 30.1 Å². The third kappa shape index (κ3) is 10.1. The summed E-state index contributed by atoms with van der Waals surface area (Å²) in [5.41, 5.74) is 2.34. The van der Waals surface area contributed by atoms with Gasteiger partial charge in [0.15, 0.2) is 0 Å². The zero-order chi connectivity index (χ0) is 24.8. The van der Waals surface area contributed by atoms with Crippen LogP contribution in [0.1, 0.15) is 24.1 Å². The Morgan fingerprint density at radius 1 is 1.18 bits per heavy atom. The molecule has 9 nitrogen and oxygen atoms in total. The molecule has 3 rings (SSSR count). The number of nitrogens with one attached hydrogen (secondary N) is 1. The summed E-state index contributed by atoms with van der Waals surface area (Å²) in [6.07, 6.45) is 4.35. The Bertz CT molecular complexity index is 967. The van der Waals surface area contributed by atoms with Crippen LogP contribution < -0.4 is 0 Å². The molecule has 33 heavy (non-hydrogen) atoms. The summed E-state index contributed by atoms with van der Waals surface area (Å²) in [4.78, 5) is 33.6. The SMILES string of the molecule is C=CCc1[nH]c(CCO)nc1CC(=O)O.CC(C(=O)O)N(C)C.c1ccc2ncccc2c1. The second kappa shape index (κ2) is 14.5. The third-order valence-electron chi connectivity index (χ3n) is 4.57. The molecule has 1 unspecified atom stereocenters. The van der Waals surface area contributed by atoms with E-state index in [1.54, 1.807) is 32.0 Å². The molecule has 1 aromatic carbocycles. The molecule has 1 atom stereocenters. The molecular formula is C24H32N4O5. The highest BCUT2D eigenvalue weighted by molar-refractivity contribution is 5.77. The summed E-state index contributed by atoms with van der Waals surface area (Å²) in [5.74, 6) is -1.08. The predicted molar refractivity (Wildman–Crippen MR) is 127 cm³/mol. The average molecular weight is 457 g/mol. The van der Waals surface area contributed by atoms with Crippen LogP contribution in [-0.4, -0.2) is 73.9 Å². The van der Waals surface area contributed by atoms with Crippen molar-refractivity contribution >= 4 is 22.8 Å². The quantitative estimate of drug-likeness (QED) is 0.379. The number of carbonyl (C=O) groups is 2. The van der Waals surface area contributed by atoms with Crippen LogP contribution in [0.4, 0.5) is 0 Å². The Labute approximate surface area is 193 Å². The molecule has 0 spiro atoms. The second-order valence-electron chi connectivity index (χ2n) is 7.32. The number of pyridine rings is 1. The predicted octanol–water partition coefficient (Wildman–Crippen LogP) is 2.56. The fourth-order valence-electron chi connectivity index (χ4n) is 2.57. The van der Waals surface area contributed by atoms with E-state index >= 15 is 0 Å². The van der Waals surface area contributed by atoms with Crippen LogP contribution in [0, 0.1) is 0 Å². The Morgan fingerprint density at radius 2 is 1.85 bits per heavy atom. The molecule has 4 N–H and O–H groups in total. The minimum absolute atomic E-state index is 0.00639. The molecular weight excluding hydrogens is 424 g/mol. The van der Waals surface area contributed by atoms with Crippen LogP contribution in [0.5, 0.6) is 0 Å². The number of allylic oxidation sites excluding steroid dienone is 1. The molecule has 0 aliphatic carbocycles. The molecule has 0 bridgehead atoms. The molecule has 9 heteroatoms. The van der Waals surface area contributed by atoms with Crippen molar-refractivity contribution in [2.45, 2.75) is 32.2 Å². The number of nitrogens with zero attached hydrogens (tertiary/aromatic N) is 3. The van der Waals surface area contributed by atoms with E-state index in [0.717, 1.165) is 11.2 Å². The number of benzene rings is 1. The summed E-state index contributed by atoms with van der Waals surface area (Å²) in [7, 11) is 3.47. The van der Waals surface area contributed by atoms with Crippen molar-refractivity contribution < 1.29 is 24.9 Å². The number of aliphatic carboxylic acids is 2. The van der Waals surface area contributed by atoms with E-state index in [0.29, 0.717) is 24.4 Å². The van der Waals surface area contributed by atoms with Gasteiger partial charge in [-0.15, -0.1) is 6.58 Å². The highest BCUT2D eigenvalue weighted by atomic mass is 16.4. The number of rotatable bonds is 8. The smallest absolute Gasteiger partial charge is 0.320 e. The number of para-hydroxylation sites is 1. The van der Waals surface area contributed by atoms with Crippen molar-refractivity contribution in [3.05, 3.63) is 72.5 Å². The van der Waals surface area contributed by atoms with E-state index in [9.17, 15) is 9.59 Å². The number of aromatic nitrogens is 3. The van der Waals surface area contributed by atoms with Crippen molar-refractivity contribution in [3.63, 3.8) is 0 Å². The van der Waals surface area contributed by atoms with Gasteiger partial charge in [-0.3, -0.25) is 19.5 Å². The Hall–Kier alpha value is -3.56. The molecule has 0 amide bonds. The van der Waals surface area contributed by atoms with Gasteiger partial charge in [0.2, 0.25) is 0 Å². The Kier molecular flexibility index (Phi) is 12.1. The number of aliphatic hydroxyl groups excluding tert-OH is 1. The number of imidazole rings is 1. The third-order valence-corrected chi connectivity index (χ3v) is 4.57. The Balaban J connectivity index is 0.000000263. The van der Waals surface area contributed by atoms with Gasteiger partial charge in [-0.05, 0) is 33.2 Å². The van der Waals surface area contributed by atoms with Gasteiger partial charge in [-0.25, -0.2) is 4.98 Å². The lowest BCUT2D eigenvalue weighted by Gasteiger charge is -2.13. The van der Waals surface area contributed by atoms with Crippen molar-refractivity contribution in [2.75, 3.05) is 20.7 Å². The van der Waals surface area contributed by atoms with E-state index in [2.05, 4.69) is 33.7 Å². The first-order valence-corrected chi connectivity index (χ1v) is 10.4. The fourth-order valence-corrected chi connectivity index (χ4v) is 2.57. The molecule has 0 aliphatic heterocycles. The molecule has 0 saturated carbocycles. The van der Waals surface area contributed by atoms with Crippen LogP contribution in [0.25, 0.3) is 10.9 Å². The molecule has 0 aliphatic rings. The summed E-state index contributed by atoms with van der Waals surface area (Å²) < 4.78 is 0. The first-order valence-electron chi connectivity index (χ1n) is 10.4. The van der Waals surface area contributed by atoms with Gasteiger partial charge in [-0.1, -0.05) is 30.3 Å². The van der Waals surface area contributed by atoms with Gasteiger partial charge in [0.05, 0.1) is 24.2 Å². The average Bonchev–Trinajstić information content (AvgIpc) is 3.14. The zero-order valence-electron chi connectivity index (χ0n) is 19.2. The van der Waals surface area contributed by atoms with Crippen LogP contribution in [0.3, 0.4) is 0 Å². The molecule has 2 heterocycles. The number of aromatic amines is 1. The van der Waals surface area contributed by atoms with Gasteiger partial charge >= 0.3 is 11.9 Å². The van der Waals surface area contributed by atoms with Gasteiger partial charge in [-0.2, -0.15) is 0 Å². The van der Waals surface area contributed by atoms with E-state index in [-0.39, 0.29) is 19.1 Å². The highest BCUT2D eigenvalue weighted by Crippen LogP contribution is 2.09. The number of aliphatic hydroxyl groups is 1. The van der Waals surface area contributed by atoms with Crippen LogP contribution in [-0.2, 0) is 28.9 Å². The van der Waals surface area contributed by atoms with E-state index in [1.807, 2.05) is 30.5 Å². The minimum atomic E-state index is -0.914. The summed E-state index contributed by atoms with van der Waals surface area (Å²) >= 11 is 0. The number of hydrogen-bond acceptors (Lipinski definition) is 6. The molecule has 0 radical (unpaired) electrons. The topological polar surface area (TPSA) is 140 Å². The van der Waals surface area contributed by atoms with E-state index in [1.165, 1.54) is 5.39 Å². The molecule has 2 aromatic heterocycles. The summed E-state index contributed by atoms with van der Waals surface area (Å²) in [5, 5.41) is 26.9. The van der Waals surface area contributed by atoms with Gasteiger partial charge in [0.25, 0.3) is 0 Å². The maximum atomic E-state index is 10.6. The molecule has 178 valence electrons. The highest BCUT2D eigenvalue weighted by Gasteiger charge is 2.12. The Morgan fingerprint density at radius 3 is 2.36 bits per heavy atom. The lowest BCUT2D eigenvalue weighted by Crippen LogP contribution is -2.32. The first kappa shape index (κ1) is 27.5. The number of H-pyrrole nitrogens is 1. The lowest BCUT2D eigenvalue weighted by atomic mass is 10.2. The van der Waals surface area contributed by atoms with Gasteiger partial charge < -0.3 is 20.3 Å². The normalized spacial score (nSPS) is 11.1. The number of fused-ring (bicyclic) bond motifs is 1. The van der Waals surface area contributed by atoms with E-state index in [4.69, 9.17) is 15.3 Å². The summed E-state index contributed by atoms with van der Waals surface area (Å²) in [6, 6.07) is 11.7. The number of carboxylic acid groups (broad SMARTS) is 2. The number of carboxylic acids is 2. The lowest BCUT2D eigenvalue weighted by molar-refractivity contribution is -0.141. The maximum absolute atomic E-state index is 10.6. The maximum Gasteiger partial charge on any atom is 0.320 e. The van der Waals surface area contributed by atoms with Crippen molar-refractivity contribution in [1.29, 1.82) is 0 Å².